The molecule has 118 valence electrons. The monoisotopic (exact) mass is 315 g/mol. The summed E-state index contributed by atoms with van der Waals surface area (Å²) in [5.74, 6) is 0.276. The molecule has 1 saturated heterocycles. The molecule has 1 aromatic rings. The Morgan fingerprint density at radius 2 is 2.14 bits per heavy atom. The van der Waals surface area contributed by atoms with Crippen LogP contribution in [0.15, 0.2) is 23.1 Å². The molecule has 0 bridgehead atoms. The molecule has 0 saturated carbocycles. The average Bonchev–Trinajstić information content (AvgIpc) is 2.48. The van der Waals surface area contributed by atoms with E-state index in [-0.39, 0.29) is 29.4 Å². The Morgan fingerprint density at radius 3 is 2.76 bits per heavy atom. The van der Waals surface area contributed by atoms with Crippen molar-refractivity contribution >= 4 is 10.0 Å². The van der Waals surface area contributed by atoms with Crippen molar-refractivity contribution in [2.24, 2.45) is 0 Å². The van der Waals surface area contributed by atoms with Gasteiger partial charge in [0.2, 0.25) is 10.0 Å². The molecule has 1 fully saturated rings. The molecule has 0 aromatic heterocycles. The smallest absolute Gasteiger partial charge is 0.247 e. The molecule has 1 aliphatic heterocycles. The third-order valence-corrected chi connectivity index (χ3v) is 5.55. The summed E-state index contributed by atoms with van der Waals surface area (Å²) in [4.78, 5) is 0.0810. The lowest BCUT2D eigenvalue weighted by Crippen LogP contribution is -2.50. The molecular weight excluding hydrogens is 294 g/mol. The third-order valence-electron chi connectivity index (χ3n) is 3.55. The molecule has 1 N–H and O–H groups in total. The van der Waals surface area contributed by atoms with E-state index in [0.717, 1.165) is 0 Å². The zero-order valence-corrected chi connectivity index (χ0v) is 13.3. The van der Waals surface area contributed by atoms with E-state index in [9.17, 15) is 13.5 Å². The summed E-state index contributed by atoms with van der Waals surface area (Å²) >= 11 is 0. The predicted octanol–water partition coefficient (Wildman–Crippen LogP) is 0.985. The van der Waals surface area contributed by atoms with Crippen LogP contribution in [-0.2, 0) is 21.4 Å². The Hall–Kier alpha value is -1.15. The quantitative estimate of drug-likeness (QED) is 0.896. The molecule has 2 atom stereocenters. The first-order chi connectivity index (χ1) is 9.90. The molecule has 0 radical (unpaired) electrons. The van der Waals surface area contributed by atoms with E-state index in [1.165, 1.54) is 17.5 Å². The average molecular weight is 315 g/mol. The summed E-state index contributed by atoms with van der Waals surface area (Å²) in [6, 6.07) is 4.42. The summed E-state index contributed by atoms with van der Waals surface area (Å²) in [6.45, 7) is 4.10. The number of aliphatic hydroxyl groups excluding tert-OH is 1. The van der Waals surface area contributed by atoms with Crippen molar-refractivity contribution in [3.63, 3.8) is 0 Å². The fourth-order valence-corrected chi connectivity index (χ4v) is 4.25. The van der Waals surface area contributed by atoms with Gasteiger partial charge in [0.15, 0.2) is 0 Å². The fourth-order valence-electron chi connectivity index (χ4n) is 2.36. The topological polar surface area (TPSA) is 76.1 Å². The molecular formula is C14H21NO5S. The van der Waals surface area contributed by atoms with E-state index in [2.05, 4.69) is 0 Å². The number of methoxy groups -OCH3 is 1. The molecule has 0 amide bonds. The fraction of sp³-hybridized carbons (Fsp3) is 0.571. The minimum Gasteiger partial charge on any atom is -0.495 e. The van der Waals surface area contributed by atoms with Gasteiger partial charge in [0.25, 0.3) is 0 Å². The van der Waals surface area contributed by atoms with Gasteiger partial charge in [0.1, 0.15) is 10.6 Å². The van der Waals surface area contributed by atoms with Gasteiger partial charge >= 0.3 is 0 Å². The van der Waals surface area contributed by atoms with Crippen molar-refractivity contribution in [1.82, 2.24) is 4.31 Å². The van der Waals surface area contributed by atoms with Crippen LogP contribution in [0, 0.1) is 0 Å². The molecule has 6 nitrogen and oxygen atoms in total. The zero-order chi connectivity index (χ0) is 15.6. The van der Waals surface area contributed by atoms with Crippen molar-refractivity contribution in [2.45, 2.75) is 37.5 Å². The van der Waals surface area contributed by atoms with Gasteiger partial charge in [0, 0.05) is 12.6 Å². The second-order valence-corrected chi connectivity index (χ2v) is 7.07. The molecule has 0 spiro atoms. The number of aliphatic hydroxyl groups is 1. The number of nitrogens with zero attached hydrogens (tertiary/aromatic N) is 1. The third kappa shape index (κ3) is 3.21. The van der Waals surface area contributed by atoms with E-state index in [1.807, 2.05) is 13.8 Å². The van der Waals surface area contributed by atoms with Gasteiger partial charge in [-0.2, -0.15) is 4.31 Å². The van der Waals surface area contributed by atoms with Crippen LogP contribution < -0.4 is 4.74 Å². The molecule has 21 heavy (non-hydrogen) atoms. The number of benzene rings is 1. The number of rotatable bonds is 4. The summed E-state index contributed by atoms with van der Waals surface area (Å²) in [6.07, 6.45) is -0.150. The van der Waals surface area contributed by atoms with Gasteiger partial charge in [-0.3, -0.25) is 0 Å². The van der Waals surface area contributed by atoms with Crippen LogP contribution in [0.5, 0.6) is 5.75 Å². The van der Waals surface area contributed by atoms with Gasteiger partial charge in [-0.1, -0.05) is 6.07 Å². The Labute approximate surface area is 125 Å². The normalized spacial score (nSPS) is 24.0. The number of hydrogen-bond acceptors (Lipinski definition) is 5. The summed E-state index contributed by atoms with van der Waals surface area (Å²) in [5.41, 5.74) is 0.531. The molecule has 0 aliphatic carbocycles. The van der Waals surface area contributed by atoms with Crippen molar-refractivity contribution in [3.05, 3.63) is 23.8 Å². The van der Waals surface area contributed by atoms with Crippen LogP contribution in [-0.4, -0.2) is 50.2 Å². The van der Waals surface area contributed by atoms with Gasteiger partial charge in [-0.15, -0.1) is 0 Å². The standard InChI is InChI=1S/C14H21NO5S/c1-10-9-20-11(2)7-15(10)21(17,18)14-6-12(8-16)4-5-13(14)19-3/h4-6,10-11,16H,7-9H2,1-3H3. The molecule has 2 rings (SSSR count). The summed E-state index contributed by atoms with van der Waals surface area (Å²) < 4.78 is 37.9. The van der Waals surface area contributed by atoms with Crippen molar-refractivity contribution in [1.29, 1.82) is 0 Å². The van der Waals surface area contributed by atoms with Crippen LogP contribution in [0.1, 0.15) is 19.4 Å². The SMILES string of the molecule is COc1ccc(CO)cc1S(=O)(=O)N1CC(C)OCC1C. The van der Waals surface area contributed by atoms with Crippen molar-refractivity contribution < 1.29 is 23.0 Å². The van der Waals surface area contributed by atoms with Crippen LogP contribution in [0.3, 0.4) is 0 Å². The van der Waals surface area contributed by atoms with Crippen LogP contribution in [0.25, 0.3) is 0 Å². The highest BCUT2D eigenvalue weighted by atomic mass is 32.2. The maximum atomic E-state index is 12.9. The number of morpholine rings is 1. The Balaban J connectivity index is 2.47. The summed E-state index contributed by atoms with van der Waals surface area (Å²) in [7, 11) is -2.27. The van der Waals surface area contributed by atoms with E-state index < -0.39 is 10.0 Å². The van der Waals surface area contributed by atoms with Crippen LogP contribution in [0.4, 0.5) is 0 Å². The highest BCUT2D eigenvalue weighted by Crippen LogP contribution is 2.30. The van der Waals surface area contributed by atoms with E-state index in [4.69, 9.17) is 9.47 Å². The number of sulfonamides is 1. The second kappa shape index (κ2) is 6.31. The zero-order valence-electron chi connectivity index (χ0n) is 12.4. The van der Waals surface area contributed by atoms with Gasteiger partial charge < -0.3 is 14.6 Å². The lowest BCUT2D eigenvalue weighted by atomic mass is 10.2. The predicted molar refractivity (Wildman–Crippen MR) is 77.7 cm³/mol. The van der Waals surface area contributed by atoms with Crippen molar-refractivity contribution in [2.75, 3.05) is 20.3 Å². The van der Waals surface area contributed by atoms with Gasteiger partial charge in [-0.25, -0.2) is 8.42 Å². The van der Waals surface area contributed by atoms with E-state index in [0.29, 0.717) is 18.7 Å². The maximum Gasteiger partial charge on any atom is 0.247 e. The Morgan fingerprint density at radius 1 is 1.43 bits per heavy atom. The summed E-state index contributed by atoms with van der Waals surface area (Å²) in [5, 5.41) is 9.23. The lowest BCUT2D eigenvalue weighted by Gasteiger charge is -2.35. The molecule has 1 heterocycles. The molecule has 1 aromatic carbocycles. The first-order valence-electron chi connectivity index (χ1n) is 6.81. The minimum absolute atomic E-state index is 0.0810. The minimum atomic E-state index is -3.70. The first-order valence-corrected chi connectivity index (χ1v) is 8.25. The van der Waals surface area contributed by atoms with Gasteiger partial charge in [-0.05, 0) is 31.5 Å². The number of ether oxygens (including phenoxy) is 2. The Bertz CT molecular complexity index is 601. The lowest BCUT2D eigenvalue weighted by molar-refractivity contribution is -0.0171. The molecule has 2 unspecified atom stereocenters. The highest BCUT2D eigenvalue weighted by Gasteiger charge is 2.35. The number of hydrogen-bond donors (Lipinski definition) is 1. The van der Waals surface area contributed by atoms with Gasteiger partial charge in [0.05, 0.1) is 26.4 Å². The highest BCUT2D eigenvalue weighted by molar-refractivity contribution is 7.89. The van der Waals surface area contributed by atoms with Crippen LogP contribution in [0.2, 0.25) is 0 Å². The molecule has 1 aliphatic rings. The molecule has 7 heteroatoms. The largest absolute Gasteiger partial charge is 0.495 e. The first kappa shape index (κ1) is 16.2. The van der Waals surface area contributed by atoms with E-state index in [1.54, 1.807) is 12.1 Å². The maximum absolute atomic E-state index is 12.9. The van der Waals surface area contributed by atoms with E-state index >= 15 is 0 Å². The second-order valence-electron chi connectivity index (χ2n) is 5.21. The Kier molecular flexibility index (Phi) is 4.88. The van der Waals surface area contributed by atoms with Crippen LogP contribution >= 0.6 is 0 Å². The van der Waals surface area contributed by atoms with Crippen molar-refractivity contribution in [3.8, 4) is 5.75 Å².